The van der Waals surface area contributed by atoms with Gasteiger partial charge < -0.3 is 25.2 Å². The SMILES string of the molecule is CC/C=C\C/C=C\C/C=C\CCCCCCCCCC(=O)OC(COC(=O)CCCCCCCC)COP(=O)(O)OCC(N)C(=O)O. The smallest absolute Gasteiger partial charge is 0.472 e. The van der Waals surface area contributed by atoms with E-state index >= 15 is 0 Å². The second kappa shape index (κ2) is 31.0. The highest BCUT2D eigenvalue weighted by Crippen LogP contribution is 2.43. The van der Waals surface area contributed by atoms with Crippen LogP contribution in [-0.2, 0) is 37.5 Å². The van der Waals surface area contributed by atoms with Crippen LogP contribution in [0.25, 0.3) is 0 Å². The zero-order valence-corrected chi connectivity index (χ0v) is 29.8. The summed E-state index contributed by atoms with van der Waals surface area (Å²) in [6, 6.07) is -1.52. The third-order valence-electron chi connectivity index (χ3n) is 7.15. The molecule has 0 rings (SSSR count). The highest BCUT2D eigenvalue weighted by Gasteiger charge is 2.28. The van der Waals surface area contributed by atoms with Gasteiger partial charge >= 0.3 is 25.7 Å². The molecule has 0 amide bonds. The van der Waals surface area contributed by atoms with Crippen LogP contribution < -0.4 is 5.73 Å². The van der Waals surface area contributed by atoms with E-state index < -0.39 is 51.1 Å². The number of unbranched alkanes of at least 4 members (excludes halogenated alkanes) is 12. The Labute approximate surface area is 282 Å². The molecule has 47 heavy (non-hydrogen) atoms. The van der Waals surface area contributed by atoms with Crippen molar-refractivity contribution in [3.63, 3.8) is 0 Å². The molecule has 0 aromatic rings. The first-order valence-corrected chi connectivity index (χ1v) is 19.0. The zero-order valence-electron chi connectivity index (χ0n) is 28.9. The molecule has 12 heteroatoms. The average Bonchev–Trinajstić information content (AvgIpc) is 3.04. The molecule has 272 valence electrons. The van der Waals surface area contributed by atoms with Gasteiger partial charge in [-0.3, -0.25) is 23.4 Å². The van der Waals surface area contributed by atoms with Gasteiger partial charge in [0.15, 0.2) is 6.10 Å². The van der Waals surface area contributed by atoms with Crippen LogP contribution in [0.4, 0.5) is 0 Å². The Kier molecular flexibility index (Phi) is 29.5. The average molecular weight is 688 g/mol. The standard InChI is InChI=1S/C35H62NO10P/c1-3-5-7-9-11-12-13-14-15-16-17-18-19-20-21-23-25-27-34(38)46-31(28-43-33(37)26-24-22-10-8-6-4-2)29-44-47(41,42)45-30-32(36)35(39)40/h5,7,11-12,14-15,31-32H,3-4,6,8-10,13,16-30,36H2,1-2H3,(H,39,40)(H,41,42)/b7-5-,12-11-,15-14-. The molecule has 0 spiro atoms. The zero-order chi connectivity index (χ0) is 35.0. The van der Waals surface area contributed by atoms with Gasteiger partial charge in [-0.05, 0) is 44.9 Å². The second-order valence-electron chi connectivity index (χ2n) is 11.6. The predicted molar refractivity (Wildman–Crippen MR) is 185 cm³/mol. The van der Waals surface area contributed by atoms with Crippen LogP contribution in [0.3, 0.4) is 0 Å². The summed E-state index contributed by atoms with van der Waals surface area (Å²) in [5.41, 5.74) is 5.29. The number of esters is 2. The lowest BCUT2D eigenvalue weighted by Crippen LogP contribution is -2.34. The number of carboxylic acid groups (broad SMARTS) is 1. The minimum absolute atomic E-state index is 0.150. The van der Waals surface area contributed by atoms with Gasteiger partial charge in [0, 0.05) is 12.8 Å². The molecule has 0 saturated carbocycles. The minimum atomic E-state index is -4.70. The largest absolute Gasteiger partial charge is 0.480 e. The van der Waals surface area contributed by atoms with E-state index in [-0.39, 0.29) is 19.4 Å². The number of nitrogens with two attached hydrogens (primary N) is 1. The Balaban J connectivity index is 4.39. The summed E-state index contributed by atoms with van der Waals surface area (Å²) in [7, 11) is -4.70. The van der Waals surface area contributed by atoms with Crippen molar-refractivity contribution in [1.82, 2.24) is 0 Å². The molecule has 0 heterocycles. The van der Waals surface area contributed by atoms with E-state index in [0.29, 0.717) is 12.8 Å². The Hall–Kier alpha value is -2.30. The van der Waals surface area contributed by atoms with Gasteiger partial charge in [0.1, 0.15) is 12.6 Å². The molecule has 0 aliphatic heterocycles. The number of hydrogen-bond acceptors (Lipinski definition) is 9. The van der Waals surface area contributed by atoms with Crippen molar-refractivity contribution in [3.05, 3.63) is 36.5 Å². The lowest BCUT2D eigenvalue weighted by atomic mass is 10.1. The molecule has 4 N–H and O–H groups in total. The van der Waals surface area contributed by atoms with Crippen molar-refractivity contribution in [3.8, 4) is 0 Å². The van der Waals surface area contributed by atoms with Crippen LogP contribution in [0.2, 0.25) is 0 Å². The molecule has 0 fully saturated rings. The topological polar surface area (TPSA) is 172 Å². The van der Waals surface area contributed by atoms with E-state index in [2.05, 4.69) is 54.8 Å². The lowest BCUT2D eigenvalue weighted by Gasteiger charge is -2.20. The molecular weight excluding hydrogens is 625 g/mol. The van der Waals surface area contributed by atoms with Crippen molar-refractivity contribution in [2.45, 2.75) is 148 Å². The fourth-order valence-corrected chi connectivity index (χ4v) is 5.15. The summed E-state index contributed by atoms with van der Waals surface area (Å²) in [6.07, 6.45) is 29.7. The van der Waals surface area contributed by atoms with E-state index in [4.69, 9.17) is 24.8 Å². The van der Waals surface area contributed by atoms with Crippen molar-refractivity contribution < 1.29 is 47.5 Å². The summed E-state index contributed by atoms with van der Waals surface area (Å²) in [5.74, 6) is -2.41. The van der Waals surface area contributed by atoms with E-state index in [1.54, 1.807) is 0 Å². The number of aliphatic carboxylic acids is 1. The summed E-state index contributed by atoms with van der Waals surface area (Å²) in [6.45, 7) is 2.57. The highest BCUT2D eigenvalue weighted by molar-refractivity contribution is 7.47. The third-order valence-corrected chi connectivity index (χ3v) is 8.10. The van der Waals surface area contributed by atoms with Gasteiger partial charge in [0.05, 0.1) is 13.2 Å². The third kappa shape index (κ3) is 30.8. The minimum Gasteiger partial charge on any atom is -0.480 e. The number of carbonyl (C=O) groups excluding carboxylic acids is 2. The predicted octanol–water partition coefficient (Wildman–Crippen LogP) is 8.11. The monoisotopic (exact) mass is 687 g/mol. The number of rotatable bonds is 32. The Morgan fingerprint density at radius 2 is 1.19 bits per heavy atom. The quantitative estimate of drug-likeness (QED) is 0.0270. The van der Waals surface area contributed by atoms with Crippen LogP contribution in [0.5, 0.6) is 0 Å². The molecule has 0 saturated heterocycles. The van der Waals surface area contributed by atoms with Crippen LogP contribution in [0.15, 0.2) is 36.5 Å². The summed E-state index contributed by atoms with van der Waals surface area (Å²) < 4.78 is 32.3. The van der Waals surface area contributed by atoms with Crippen molar-refractivity contribution in [2.24, 2.45) is 5.73 Å². The Bertz CT molecular complexity index is 953. The van der Waals surface area contributed by atoms with Crippen LogP contribution >= 0.6 is 7.82 Å². The van der Waals surface area contributed by atoms with Gasteiger partial charge in [0.2, 0.25) is 0 Å². The molecule has 0 aliphatic rings. The van der Waals surface area contributed by atoms with E-state index in [1.165, 1.54) is 6.42 Å². The molecule has 0 aliphatic carbocycles. The van der Waals surface area contributed by atoms with Crippen molar-refractivity contribution in [2.75, 3.05) is 19.8 Å². The first kappa shape index (κ1) is 44.7. The fourth-order valence-electron chi connectivity index (χ4n) is 4.37. The lowest BCUT2D eigenvalue weighted by molar-refractivity contribution is -0.161. The van der Waals surface area contributed by atoms with Gasteiger partial charge in [0.25, 0.3) is 0 Å². The number of phosphoric ester groups is 1. The molecule has 11 nitrogen and oxygen atoms in total. The van der Waals surface area contributed by atoms with Gasteiger partial charge in [-0.25, -0.2) is 4.57 Å². The van der Waals surface area contributed by atoms with Crippen LogP contribution in [0.1, 0.15) is 136 Å². The fraction of sp³-hybridized carbons (Fsp3) is 0.743. The number of allylic oxidation sites excluding steroid dienone is 6. The maximum atomic E-state index is 12.5. The normalized spacial score (nSPS) is 14.5. The summed E-state index contributed by atoms with van der Waals surface area (Å²) in [4.78, 5) is 45.4. The second-order valence-corrected chi connectivity index (χ2v) is 13.1. The van der Waals surface area contributed by atoms with Gasteiger partial charge in [-0.15, -0.1) is 0 Å². The van der Waals surface area contributed by atoms with Crippen LogP contribution in [0, 0.1) is 0 Å². The van der Waals surface area contributed by atoms with E-state index in [9.17, 15) is 23.8 Å². The first-order valence-electron chi connectivity index (χ1n) is 17.5. The van der Waals surface area contributed by atoms with E-state index in [0.717, 1.165) is 89.9 Å². The first-order chi connectivity index (χ1) is 22.6. The molecule has 0 aromatic heterocycles. The maximum absolute atomic E-state index is 12.5. The van der Waals surface area contributed by atoms with Crippen molar-refractivity contribution >= 4 is 25.7 Å². The number of carbonyl (C=O) groups is 3. The Morgan fingerprint density at radius 3 is 1.79 bits per heavy atom. The number of ether oxygens (including phenoxy) is 2. The molecule has 0 bridgehead atoms. The molecule has 0 aromatic carbocycles. The van der Waals surface area contributed by atoms with Gasteiger partial charge in [-0.1, -0.05) is 115 Å². The maximum Gasteiger partial charge on any atom is 0.472 e. The molecule has 3 atom stereocenters. The Morgan fingerprint density at radius 1 is 0.681 bits per heavy atom. The van der Waals surface area contributed by atoms with E-state index in [1.807, 2.05) is 0 Å². The molecule has 0 radical (unpaired) electrons. The molecule has 3 unspecified atom stereocenters. The summed E-state index contributed by atoms with van der Waals surface area (Å²) in [5, 5.41) is 8.82. The number of hydrogen-bond donors (Lipinski definition) is 3. The molecular formula is C35H62NO10P. The highest BCUT2D eigenvalue weighted by atomic mass is 31.2. The summed E-state index contributed by atoms with van der Waals surface area (Å²) >= 11 is 0. The number of phosphoric acid groups is 1. The number of carboxylic acids is 1. The van der Waals surface area contributed by atoms with Gasteiger partial charge in [-0.2, -0.15) is 0 Å². The van der Waals surface area contributed by atoms with Crippen LogP contribution in [-0.4, -0.2) is 59.9 Å². The van der Waals surface area contributed by atoms with Crippen molar-refractivity contribution in [1.29, 1.82) is 0 Å².